The molecule has 0 atom stereocenters. The average Bonchev–Trinajstić information content (AvgIpc) is 3.40. The van der Waals surface area contributed by atoms with E-state index < -0.39 is 0 Å². The van der Waals surface area contributed by atoms with Gasteiger partial charge in [-0.15, -0.1) is 5.10 Å². The van der Waals surface area contributed by atoms with Crippen molar-refractivity contribution in [3.05, 3.63) is 66.0 Å². The van der Waals surface area contributed by atoms with Crippen molar-refractivity contribution in [1.82, 2.24) is 30.0 Å². The molecule has 0 bridgehead atoms. The van der Waals surface area contributed by atoms with Crippen LogP contribution in [0.3, 0.4) is 0 Å². The molecule has 1 N–H and O–H groups in total. The van der Waals surface area contributed by atoms with Crippen LogP contribution in [0.15, 0.2) is 59.8 Å². The summed E-state index contributed by atoms with van der Waals surface area (Å²) in [5, 5.41) is 20.2. The van der Waals surface area contributed by atoms with Gasteiger partial charge in [-0.1, -0.05) is 42.1 Å². The Kier molecular flexibility index (Phi) is 7.04. The summed E-state index contributed by atoms with van der Waals surface area (Å²) in [5.41, 5.74) is 4.11. The fourth-order valence-electron chi connectivity index (χ4n) is 3.41. The van der Waals surface area contributed by atoms with Crippen LogP contribution in [0.1, 0.15) is 24.7 Å². The van der Waals surface area contributed by atoms with E-state index >= 15 is 0 Å². The van der Waals surface area contributed by atoms with Gasteiger partial charge in [0.05, 0.1) is 29.4 Å². The smallest absolute Gasteiger partial charge is 0.225 e. The van der Waals surface area contributed by atoms with Crippen molar-refractivity contribution in [2.24, 2.45) is 0 Å². The number of carbonyl (C=O) groups excluding carboxylic acids is 1. The molecule has 1 amide bonds. The Hall–Kier alpha value is -3.66. The highest BCUT2D eigenvalue weighted by molar-refractivity contribution is 7.99. The third kappa shape index (κ3) is 5.06. The highest BCUT2D eigenvalue weighted by Gasteiger charge is 2.17. The lowest BCUT2D eigenvalue weighted by molar-refractivity contribution is -0.115. The number of benzene rings is 2. The quantitative estimate of drug-likeness (QED) is 0.375. The monoisotopic (exact) mass is 463 g/mol. The summed E-state index contributed by atoms with van der Waals surface area (Å²) in [4.78, 5) is 12.6. The normalized spacial score (nSPS) is 10.9. The molecule has 0 saturated heterocycles. The van der Waals surface area contributed by atoms with Crippen LogP contribution in [0.4, 0.5) is 5.69 Å². The summed E-state index contributed by atoms with van der Waals surface area (Å²) < 4.78 is 9.15. The third-order valence-corrected chi connectivity index (χ3v) is 5.87. The van der Waals surface area contributed by atoms with Crippen LogP contribution in [0, 0.1) is 13.8 Å². The van der Waals surface area contributed by atoms with E-state index in [1.54, 1.807) is 4.68 Å². The molecule has 0 radical (unpaired) electrons. The first-order valence-electron chi connectivity index (χ1n) is 10.6. The second-order valence-corrected chi connectivity index (χ2v) is 8.28. The zero-order valence-corrected chi connectivity index (χ0v) is 19.5. The molecule has 0 spiro atoms. The highest BCUT2D eigenvalue weighted by atomic mass is 32.2. The second kappa shape index (κ2) is 10.3. The van der Waals surface area contributed by atoms with Crippen molar-refractivity contribution in [2.75, 3.05) is 17.7 Å². The molecule has 0 aliphatic rings. The summed E-state index contributed by atoms with van der Waals surface area (Å²) >= 11 is 1.41. The van der Waals surface area contributed by atoms with Crippen molar-refractivity contribution >= 4 is 23.4 Å². The van der Waals surface area contributed by atoms with E-state index in [0.717, 1.165) is 28.5 Å². The Morgan fingerprint density at radius 1 is 1.06 bits per heavy atom. The minimum atomic E-state index is -0.0879. The van der Waals surface area contributed by atoms with Gasteiger partial charge in [0.25, 0.3) is 0 Å². The van der Waals surface area contributed by atoms with Crippen LogP contribution in [0.25, 0.3) is 11.4 Å². The summed E-state index contributed by atoms with van der Waals surface area (Å²) in [6.45, 7) is 6.31. The molecule has 10 heteroatoms. The number of hydrogen-bond acceptors (Lipinski definition) is 7. The number of thioether (sulfide) groups is 1. The zero-order valence-electron chi connectivity index (χ0n) is 18.7. The van der Waals surface area contributed by atoms with Gasteiger partial charge in [-0.2, -0.15) is 9.78 Å². The Morgan fingerprint density at radius 3 is 2.61 bits per heavy atom. The van der Waals surface area contributed by atoms with Gasteiger partial charge in [0.1, 0.15) is 11.4 Å². The van der Waals surface area contributed by atoms with Crippen LogP contribution < -0.4 is 10.1 Å². The number of ether oxygens (including phenoxy) is 1. The van der Waals surface area contributed by atoms with Crippen molar-refractivity contribution in [3.63, 3.8) is 0 Å². The van der Waals surface area contributed by atoms with Crippen molar-refractivity contribution in [1.29, 1.82) is 0 Å². The molecule has 33 heavy (non-hydrogen) atoms. The summed E-state index contributed by atoms with van der Waals surface area (Å²) in [6.07, 6.45) is 0.306. The minimum Gasteiger partial charge on any atom is -0.492 e. The standard InChI is InChI=1S/C23H25N7O2S/c1-4-32-20-13-9-8-12-19(20)30-23(25-27-28-30)33-15-14-21(31)24-22-16(2)26-29(17(22)3)18-10-6-5-7-11-18/h5-13H,4,14-15H2,1-3H3,(H,24,31). The maximum Gasteiger partial charge on any atom is 0.225 e. The first kappa shape index (κ1) is 22.5. The van der Waals surface area contributed by atoms with E-state index in [1.165, 1.54) is 11.8 Å². The van der Waals surface area contributed by atoms with E-state index in [2.05, 4.69) is 25.9 Å². The topological polar surface area (TPSA) is 99.8 Å². The molecule has 2 aromatic heterocycles. The maximum atomic E-state index is 12.6. The first-order valence-corrected chi connectivity index (χ1v) is 11.6. The number of carbonyl (C=O) groups is 1. The Bertz CT molecular complexity index is 1240. The molecule has 0 fully saturated rings. The van der Waals surface area contributed by atoms with Crippen molar-refractivity contribution < 1.29 is 9.53 Å². The number of amides is 1. The molecule has 9 nitrogen and oxygen atoms in total. The maximum absolute atomic E-state index is 12.6. The Labute approximate surface area is 196 Å². The van der Waals surface area contributed by atoms with Crippen molar-refractivity contribution in [3.8, 4) is 17.1 Å². The number of aromatic nitrogens is 6. The van der Waals surface area contributed by atoms with E-state index in [9.17, 15) is 4.79 Å². The zero-order chi connectivity index (χ0) is 23.2. The lowest BCUT2D eigenvalue weighted by atomic mass is 10.3. The molecule has 0 aliphatic heterocycles. The van der Waals surface area contributed by atoms with Gasteiger partial charge in [-0.3, -0.25) is 4.79 Å². The van der Waals surface area contributed by atoms with Gasteiger partial charge in [-0.25, -0.2) is 4.68 Å². The molecule has 4 rings (SSSR count). The fourth-order valence-corrected chi connectivity index (χ4v) is 4.23. The van der Waals surface area contributed by atoms with Gasteiger partial charge in [0.15, 0.2) is 0 Å². The molecular formula is C23H25N7O2S. The molecular weight excluding hydrogens is 438 g/mol. The molecule has 0 saturated carbocycles. The van der Waals surface area contributed by atoms with Crippen LogP contribution in [0.2, 0.25) is 0 Å². The number of nitrogens with one attached hydrogen (secondary N) is 1. The van der Waals surface area contributed by atoms with Crippen LogP contribution in [0.5, 0.6) is 5.75 Å². The molecule has 0 unspecified atom stereocenters. The van der Waals surface area contributed by atoms with Gasteiger partial charge < -0.3 is 10.1 Å². The number of rotatable bonds is 9. The van der Waals surface area contributed by atoms with Crippen LogP contribution in [-0.4, -0.2) is 48.3 Å². The number of hydrogen-bond donors (Lipinski definition) is 1. The van der Waals surface area contributed by atoms with E-state index in [0.29, 0.717) is 29.7 Å². The first-order chi connectivity index (χ1) is 16.1. The minimum absolute atomic E-state index is 0.0879. The summed E-state index contributed by atoms with van der Waals surface area (Å²) in [5.74, 6) is 1.14. The average molecular weight is 464 g/mol. The van der Waals surface area contributed by atoms with Crippen LogP contribution in [-0.2, 0) is 4.79 Å². The predicted molar refractivity (Wildman–Crippen MR) is 127 cm³/mol. The van der Waals surface area contributed by atoms with E-state index in [-0.39, 0.29) is 5.91 Å². The number of aryl methyl sites for hydroxylation is 1. The third-order valence-electron chi connectivity index (χ3n) is 4.95. The lowest BCUT2D eigenvalue weighted by Crippen LogP contribution is -2.14. The molecule has 4 aromatic rings. The van der Waals surface area contributed by atoms with Gasteiger partial charge in [-0.05, 0) is 55.5 Å². The second-order valence-electron chi connectivity index (χ2n) is 7.21. The van der Waals surface area contributed by atoms with Gasteiger partial charge in [0.2, 0.25) is 11.1 Å². The predicted octanol–water partition coefficient (Wildman–Crippen LogP) is 3.98. The summed E-state index contributed by atoms with van der Waals surface area (Å²) in [7, 11) is 0. The number of para-hydroxylation sites is 3. The van der Waals surface area contributed by atoms with E-state index in [4.69, 9.17) is 4.74 Å². The molecule has 2 aromatic carbocycles. The van der Waals surface area contributed by atoms with Gasteiger partial charge in [0, 0.05) is 12.2 Å². The van der Waals surface area contributed by atoms with Crippen molar-refractivity contribution in [2.45, 2.75) is 32.3 Å². The number of tetrazole rings is 1. The van der Waals surface area contributed by atoms with Gasteiger partial charge >= 0.3 is 0 Å². The van der Waals surface area contributed by atoms with E-state index in [1.807, 2.05) is 80.1 Å². The SMILES string of the molecule is CCOc1ccccc1-n1nnnc1SCCC(=O)Nc1c(C)nn(-c2ccccc2)c1C. The summed E-state index contributed by atoms with van der Waals surface area (Å²) in [6, 6.07) is 17.4. The molecule has 0 aliphatic carbocycles. The van der Waals surface area contributed by atoms with Crippen LogP contribution >= 0.6 is 11.8 Å². The molecule has 170 valence electrons. The molecule has 2 heterocycles. The lowest BCUT2D eigenvalue weighted by Gasteiger charge is -2.10. The Morgan fingerprint density at radius 2 is 1.82 bits per heavy atom. The highest BCUT2D eigenvalue weighted by Crippen LogP contribution is 2.27. The Balaban J connectivity index is 1.39. The number of anilines is 1. The largest absolute Gasteiger partial charge is 0.492 e. The number of nitrogens with zero attached hydrogens (tertiary/aromatic N) is 6. The fraction of sp³-hybridized carbons (Fsp3) is 0.261.